The number of fused-ring (bicyclic) bond motifs is 2. The van der Waals surface area contributed by atoms with Crippen LogP contribution in [0.3, 0.4) is 0 Å². The number of rotatable bonds is 4. The Morgan fingerprint density at radius 1 is 1.19 bits per heavy atom. The zero-order valence-corrected chi connectivity index (χ0v) is 15.9. The molecule has 0 saturated heterocycles. The predicted molar refractivity (Wildman–Crippen MR) is 102 cm³/mol. The number of anilines is 2. The number of nitrogens with zero attached hydrogens (tertiary/aromatic N) is 2. The largest absolute Gasteiger partial charge is 0.454 e. The monoisotopic (exact) mass is 388 g/mol. The van der Waals surface area contributed by atoms with E-state index in [-0.39, 0.29) is 25.3 Å². The molecule has 8 heteroatoms. The molecule has 1 amide bonds. The average molecular weight is 388 g/mol. The first-order valence-electron chi connectivity index (χ1n) is 8.62. The summed E-state index contributed by atoms with van der Waals surface area (Å²) in [4.78, 5) is 14.7. The average Bonchev–Trinajstić information content (AvgIpc) is 3.20. The van der Waals surface area contributed by atoms with E-state index in [1.807, 2.05) is 31.2 Å². The smallest absolute Gasteiger partial charge is 0.248 e. The van der Waals surface area contributed by atoms with E-state index in [0.717, 1.165) is 28.2 Å². The molecule has 1 unspecified atom stereocenters. The number of benzene rings is 2. The van der Waals surface area contributed by atoms with Crippen molar-refractivity contribution in [1.82, 2.24) is 0 Å². The topological polar surface area (TPSA) is 76.2 Å². The Balaban J connectivity index is 1.64. The van der Waals surface area contributed by atoms with Gasteiger partial charge >= 0.3 is 0 Å². The van der Waals surface area contributed by atoms with Gasteiger partial charge in [-0.15, -0.1) is 0 Å². The Bertz CT molecular complexity index is 1000. The van der Waals surface area contributed by atoms with Crippen LogP contribution in [-0.2, 0) is 21.2 Å². The van der Waals surface area contributed by atoms with Crippen molar-refractivity contribution in [2.45, 2.75) is 19.4 Å². The van der Waals surface area contributed by atoms with Gasteiger partial charge in [0.15, 0.2) is 11.5 Å². The summed E-state index contributed by atoms with van der Waals surface area (Å²) in [7, 11) is -3.67. The number of sulfonamides is 1. The number of para-hydroxylation sites is 1. The van der Waals surface area contributed by atoms with Crippen LogP contribution in [0.4, 0.5) is 11.4 Å². The zero-order chi connectivity index (χ0) is 19.2. The van der Waals surface area contributed by atoms with Crippen LogP contribution in [-0.4, -0.2) is 40.0 Å². The Labute approximate surface area is 158 Å². The molecular weight excluding hydrogens is 368 g/mol. The number of carbonyl (C=O) groups excluding carboxylic acids is 1. The molecule has 0 fully saturated rings. The molecule has 2 aromatic carbocycles. The van der Waals surface area contributed by atoms with Crippen molar-refractivity contribution < 1.29 is 22.7 Å². The van der Waals surface area contributed by atoms with Crippen LogP contribution in [0.15, 0.2) is 42.5 Å². The SMILES string of the molecule is CC1Cc2ccccc2N1C(=O)CN(c1ccc2c(c1)OCO2)S(C)(=O)=O. The van der Waals surface area contributed by atoms with Crippen LogP contribution in [0.5, 0.6) is 11.5 Å². The minimum absolute atomic E-state index is 0.0203. The van der Waals surface area contributed by atoms with Crippen LogP contribution in [0.2, 0.25) is 0 Å². The Morgan fingerprint density at radius 3 is 2.70 bits per heavy atom. The number of carbonyl (C=O) groups is 1. The lowest BCUT2D eigenvalue weighted by atomic mass is 10.1. The third kappa shape index (κ3) is 3.21. The summed E-state index contributed by atoms with van der Waals surface area (Å²) in [5, 5.41) is 0. The lowest BCUT2D eigenvalue weighted by Gasteiger charge is -2.28. The van der Waals surface area contributed by atoms with Gasteiger partial charge in [0.25, 0.3) is 0 Å². The van der Waals surface area contributed by atoms with Gasteiger partial charge in [-0.1, -0.05) is 18.2 Å². The van der Waals surface area contributed by atoms with E-state index in [9.17, 15) is 13.2 Å². The maximum absolute atomic E-state index is 13.0. The number of amides is 1. The molecule has 2 aromatic rings. The predicted octanol–water partition coefficient (Wildman–Crippen LogP) is 2.16. The van der Waals surface area contributed by atoms with Crippen LogP contribution < -0.4 is 18.7 Å². The lowest BCUT2D eigenvalue weighted by Crippen LogP contribution is -2.45. The van der Waals surface area contributed by atoms with Gasteiger partial charge in [-0.2, -0.15) is 0 Å². The molecule has 0 spiro atoms. The van der Waals surface area contributed by atoms with Gasteiger partial charge in [0.2, 0.25) is 22.7 Å². The molecule has 27 heavy (non-hydrogen) atoms. The summed E-state index contributed by atoms with van der Waals surface area (Å²) < 4.78 is 36.5. The van der Waals surface area contributed by atoms with Gasteiger partial charge in [-0.25, -0.2) is 8.42 Å². The van der Waals surface area contributed by atoms with E-state index < -0.39 is 10.0 Å². The molecule has 0 saturated carbocycles. The Hall–Kier alpha value is -2.74. The van der Waals surface area contributed by atoms with Gasteiger partial charge < -0.3 is 14.4 Å². The van der Waals surface area contributed by atoms with Gasteiger partial charge in [0, 0.05) is 17.8 Å². The molecule has 0 aliphatic carbocycles. The molecule has 2 aliphatic heterocycles. The van der Waals surface area contributed by atoms with Crippen LogP contribution in [0, 0.1) is 0 Å². The van der Waals surface area contributed by atoms with E-state index in [1.165, 1.54) is 0 Å². The van der Waals surface area contributed by atoms with Crippen molar-refractivity contribution in [3.8, 4) is 11.5 Å². The minimum Gasteiger partial charge on any atom is -0.454 e. The number of ether oxygens (including phenoxy) is 2. The van der Waals surface area contributed by atoms with E-state index in [2.05, 4.69) is 0 Å². The molecule has 4 rings (SSSR count). The van der Waals surface area contributed by atoms with E-state index in [1.54, 1.807) is 23.1 Å². The third-order valence-electron chi connectivity index (χ3n) is 4.80. The first-order chi connectivity index (χ1) is 12.8. The summed E-state index contributed by atoms with van der Waals surface area (Å²) in [6.45, 7) is 1.78. The summed E-state index contributed by atoms with van der Waals surface area (Å²) in [6.07, 6.45) is 1.84. The second kappa shape index (κ2) is 6.45. The highest BCUT2D eigenvalue weighted by Crippen LogP contribution is 2.37. The molecule has 0 bridgehead atoms. The Morgan fingerprint density at radius 2 is 1.93 bits per heavy atom. The fourth-order valence-corrected chi connectivity index (χ4v) is 4.43. The number of hydrogen-bond donors (Lipinski definition) is 0. The van der Waals surface area contributed by atoms with Gasteiger partial charge in [-0.3, -0.25) is 9.10 Å². The van der Waals surface area contributed by atoms with Gasteiger partial charge in [0.05, 0.1) is 11.9 Å². The summed E-state index contributed by atoms with van der Waals surface area (Å²) >= 11 is 0. The maximum atomic E-state index is 13.0. The standard InChI is InChI=1S/C19H20N2O5S/c1-13-9-14-5-3-4-6-16(14)21(13)19(22)11-20(27(2,23)24)15-7-8-17-18(10-15)26-12-25-17/h3-8,10,13H,9,11-12H2,1-2H3. The fraction of sp³-hybridized carbons (Fsp3) is 0.316. The fourth-order valence-electron chi connectivity index (χ4n) is 3.58. The van der Waals surface area contributed by atoms with Crippen molar-refractivity contribution in [3.05, 3.63) is 48.0 Å². The molecule has 0 radical (unpaired) electrons. The van der Waals surface area contributed by atoms with Crippen LogP contribution in [0.25, 0.3) is 0 Å². The summed E-state index contributed by atoms with van der Waals surface area (Å²) in [5.74, 6) is 0.754. The second-order valence-corrected chi connectivity index (χ2v) is 8.66. The van der Waals surface area contributed by atoms with E-state index in [4.69, 9.17) is 9.47 Å². The first kappa shape index (κ1) is 17.7. The highest BCUT2D eigenvalue weighted by Gasteiger charge is 2.33. The van der Waals surface area contributed by atoms with Crippen molar-refractivity contribution >= 4 is 27.3 Å². The lowest BCUT2D eigenvalue weighted by molar-refractivity contribution is -0.117. The van der Waals surface area contributed by atoms with Crippen molar-refractivity contribution in [2.24, 2.45) is 0 Å². The molecular formula is C19H20N2O5S. The molecule has 7 nitrogen and oxygen atoms in total. The zero-order valence-electron chi connectivity index (χ0n) is 15.1. The summed E-state index contributed by atoms with van der Waals surface area (Å²) in [6, 6.07) is 12.5. The third-order valence-corrected chi connectivity index (χ3v) is 5.94. The van der Waals surface area contributed by atoms with Crippen molar-refractivity contribution in [3.63, 3.8) is 0 Å². The Kier molecular flexibility index (Phi) is 4.22. The quantitative estimate of drug-likeness (QED) is 0.802. The molecule has 0 aromatic heterocycles. The summed E-state index contributed by atoms with van der Waals surface area (Å²) in [5.41, 5.74) is 2.30. The van der Waals surface area contributed by atoms with Gasteiger partial charge in [0.1, 0.15) is 6.54 Å². The first-order valence-corrected chi connectivity index (χ1v) is 10.5. The second-order valence-electron chi connectivity index (χ2n) is 6.75. The number of hydrogen-bond acceptors (Lipinski definition) is 5. The van der Waals surface area contributed by atoms with Crippen molar-refractivity contribution in [2.75, 3.05) is 28.8 Å². The molecule has 2 aliphatic rings. The molecule has 1 atom stereocenters. The minimum atomic E-state index is -3.67. The van der Waals surface area contributed by atoms with E-state index >= 15 is 0 Å². The van der Waals surface area contributed by atoms with Crippen LogP contribution in [0.1, 0.15) is 12.5 Å². The van der Waals surface area contributed by atoms with Crippen molar-refractivity contribution in [1.29, 1.82) is 0 Å². The van der Waals surface area contributed by atoms with Gasteiger partial charge in [-0.05, 0) is 37.1 Å². The normalized spacial score (nSPS) is 17.7. The van der Waals surface area contributed by atoms with E-state index in [0.29, 0.717) is 17.2 Å². The molecule has 142 valence electrons. The highest BCUT2D eigenvalue weighted by atomic mass is 32.2. The van der Waals surface area contributed by atoms with Crippen LogP contribution >= 0.6 is 0 Å². The highest BCUT2D eigenvalue weighted by molar-refractivity contribution is 7.92. The maximum Gasteiger partial charge on any atom is 0.248 e. The molecule has 2 heterocycles. The molecule has 0 N–H and O–H groups in total.